The van der Waals surface area contributed by atoms with Gasteiger partial charge < -0.3 is 0 Å². The second kappa shape index (κ2) is 3.38. The predicted molar refractivity (Wildman–Crippen MR) is 54.7 cm³/mol. The monoisotopic (exact) mass is 236 g/mol. The number of para-hydroxylation sites is 1. The average molecular weight is 235 g/mol. The summed E-state index contributed by atoms with van der Waals surface area (Å²) in [6, 6.07) is 8.49. The number of rotatable bonds is 1. The minimum atomic E-state index is 0.480. The van der Waals surface area contributed by atoms with Crippen LogP contribution in [0.1, 0.15) is 4.57 Å². The second-order valence-corrected chi connectivity index (χ2v) is 5.47. The van der Waals surface area contributed by atoms with E-state index in [-0.39, 0.29) is 0 Å². The van der Waals surface area contributed by atoms with Crippen LogP contribution in [0.2, 0.25) is 0 Å². The van der Waals surface area contributed by atoms with Gasteiger partial charge in [-0.25, -0.2) is 0 Å². The zero-order valence-corrected chi connectivity index (χ0v) is 9.16. The quantitative estimate of drug-likeness (QED) is 0.396. The first-order valence-corrected chi connectivity index (χ1v) is 5.85. The number of nitrogens with zero attached hydrogens (tertiary/aromatic N) is 1. The maximum absolute atomic E-state index is 5.33. The van der Waals surface area contributed by atoms with Crippen molar-refractivity contribution in [3.8, 4) is 12.3 Å². The number of aromatic nitrogens is 1. The van der Waals surface area contributed by atoms with E-state index in [9.17, 15) is 0 Å². The van der Waals surface area contributed by atoms with Crippen molar-refractivity contribution in [3.63, 3.8) is 0 Å². The van der Waals surface area contributed by atoms with Crippen molar-refractivity contribution in [1.82, 2.24) is 0 Å². The molecule has 0 saturated heterocycles. The summed E-state index contributed by atoms with van der Waals surface area (Å²) >= 11 is 0.480. The SMILES string of the molecule is C#CC[n+]1c(C)[se]c2ccccc21. The molecule has 0 fully saturated rings. The summed E-state index contributed by atoms with van der Waals surface area (Å²) in [7, 11) is 0. The summed E-state index contributed by atoms with van der Waals surface area (Å²) in [5.41, 5.74) is 1.30. The van der Waals surface area contributed by atoms with Crippen LogP contribution in [0.5, 0.6) is 0 Å². The third-order valence-electron chi connectivity index (χ3n) is 2.04. The zero-order valence-electron chi connectivity index (χ0n) is 7.45. The molecule has 1 aromatic heterocycles. The van der Waals surface area contributed by atoms with Crippen molar-refractivity contribution in [3.05, 3.63) is 28.8 Å². The Morgan fingerprint density at radius 1 is 1.46 bits per heavy atom. The molecule has 1 heterocycles. The van der Waals surface area contributed by atoms with E-state index in [0.29, 0.717) is 21.0 Å². The average Bonchev–Trinajstić information content (AvgIpc) is 2.44. The molecule has 1 nitrogen and oxygen atoms in total. The first kappa shape index (κ1) is 8.56. The van der Waals surface area contributed by atoms with E-state index in [1.807, 2.05) is 0 Å². The first-order chi connectivity index (χ1) is 6.33. The molecule has 2 heteroatoms. The fraction of sp³-hybridized carbons (Fsp3) is 0.182. The summed E-state index contributed by atoms with van der Waals surface area (Å²) < 4.78 is 5.09. The predicted octanol–water partition coefficient (Wildman–Crippen LogP) is 1.13. The third-order valence-corrected chi connectivity index (χ3v) is 4.31. The molecule has 2 aromatic rings. The number of hydrogen-bond acceptors (Lipinski definition) is 0. The van der Waals surface area contributed by atoms with Crippen LogP contribution in [0, 0.1) is 19.3 Å². The van der Waals surface area contributed by atoms with Crippen LogP contribution in [0.4, 0.5) is 0 Å². The third kappa shape index (κ3) is 1.42. The topological polar surface area (TPSA) is 3.88 Å². The van der Waals surface area contributed by atoms with Gasteiger partial charge in [0, 0.05) is 0 Å². The zero-order chi connectivity index (χ0) is 9.26. The van der Waals surface area contributed by atoms with E-state index >= 15 is 0 Å². The molecular formula is C11H10NSe+. The molecular weight excluding hydrogens is 225 g/mol. The fourth-order valence-corrected chi connectivity index (χ4v) is 3.58. The van der Waals surface area contributed by atoms with Gasteiger partial charge in [-0.1, -0.05) is 0 Å². The normalized spacial score (nSPS) is 10.2. The molecule has 0 aliphatic heterocycles. The van der Waals surface area contributed by atoms with E-state index in [2.05, 4.69) is 41.7 Å². The van der Waals surface area contributed by atoms with E-state index < -0.39 is 0 Å². The molecule has 0 N–H and O–H groups in total. The molecule has 0 bridgehead atoms. The Kier molecular flexibility index (Phi) is 2.22. The summed E-state index contributed by atoms with van der Waals surface area (Å²) in [6.07, 6.45) is 5.33. The van der Waals surface area contributed by atoms with Crippen LogP contribution in [-0.2, 0) is 6.54 Å². The van der Waals surface area contributed by atoms with Crippen molar-refractivity contribution < 1.29 is 4.57 Å². The Labute approximate surface area is 83.8 Å². The van der Waals surface area contributed by atoms with Crippen LogP contribution in [-0.4, -0.2) is 14.5 Å². The maximum atomic E-state index is 5.33. The Balaban J connectivity index is 2.73. The molecule has 0 saturated carbocycles. The number of benzene rings is 1. The van der Waals surface area contributed by atoms with Crippen molar-refractivity contribution >= 4 is 24.3 Å². The van der Waals surface area contributed by atoms with Crippen molar-refractivity contribution in [2.24, 2.45) is 0 Å². The Morgan fingerprint density at radius 2 is 2.23 bits per heavy atom. The van der Waals surface area contributed by atoms with E-state index in [1.165, 1.54) is 14.3 Å². The van der Waals surface area contributed by atoms with Crippen LogP contribution in [0.15, 0.2) is 24.3 Å². The number of hydrogen-bond donors (Lipinski definition) is 0. The van der Waals surface area contributed by atoms with E-state index in [4.69, 9.17) is 6.42 Å². The summed E-state index contributed by atoms with van der Waals surface area (Å²) in [6.45, 7) is 2.86. The van der Waals surface area contributed by atoms with Gasteiger partial charge in [-0.15, -0.1) is 0 Å². The molecule has 0 aliphatic carbocycles. The summed E-state index contributed by atoms with van der Waals surface area (Å²) in [4.78, 5) is 0. The van der Waals surface area contributed by atoms with Gasteiger partial charge in [-0.05, 0) is 0 Å². The molecule has 13 heavy (non-hydrogen) atoms. The van der Waals surface area contributed by atoms with E-state index in [1.54, 1.807) is 0 Å². The van der Waals surface area contributed by atoms with Gasteiger partial charge in [0.15, 0.2) is 0 Å². The molecule has 0 aliphatic rings. The molecule has 0 amide bonds. The minimum absolute atomic E-state index is 0.480. The van der Waals surface area contributed by atoms with Crippen LogP contribution < -0.4 is 4.57 Å². The van der Waals surface area contributed by atoms with Crippen molar-refractivity contribution in [2.75, 3.05) is 0 Å². The van der Waals surface area contributed by atoms with Gasteiger partial charge in [0.05, 0.1) is 0 Å². The molecule has 0 unspecified atom stereocenters. The Bertz CT molecular complexity index is 476. The second-order valence-electron chi connectivity index (χ2n) is 2.88. The van der Waals surface area contributed by atoms with Gasteiger partial charge in [0.1, 0.15) is 0 Å². The van der Waals surface area contributed by atoms with Gasteiger partial charge in [0.2, 0.25) is 0 Å². The number of fused-ring (bicyclic) bond motifs is 1. The van der Waals surface area contributed by atoms with E-state index in [0.717, 1.165) is 0 Å². The van der Waals surface area contributed by atoms with Crippen molar-refractivity contribution in [1.29, 1.82) is 0 Å². The Hall–Kier alpha value is -1.03. The molecule has 0 spiro atoms. The van der Waals surface area contributed by atoms with Crippen LogP contribution >= 0.6 is 0 Å². The van der Waals surface area contributed by atoms with Gasteiger partial charge in [-0.3, -0.25) is 0 Å². The first-order valence-electron chi connectivity index (χ1n) is 4.14. The fourth-order valence-electron chi connectivity index (χ4n) is 1.44. The molecule has 0 atom stereocenters. The number of terminal acetylenes is 1. The molecule has 2 rings (SSSR count). The summed E-state index contributed by atoms with van der Waals surface area (Å²) in [5, 5.41) is 0. The van der Waals surface area contributed by atoms with Crippen LogP contribution in [0.25, 0.3) is 9.78 Å². The molecule has 0 radical (unpaired) electrons. The van der Waals surface area contributed by atoms with Crippen molar-refractivity contribution in [2.45, 2.75) is 13.5 Å². The van der Waals surface area contributed by atoms with Gasteiger partial charge >= 0.3 is 83.5 Å². The molecule has 1 aromatic carbocycles. The van der Waals surface area contributed by atoms with Crippen LogP contribution in [0.3, 0.4) is 0 Å². The molecule has 64 valence electrons. The van der Waals surface area contributed by atoms with Gasteiger partial charge in [0.25, 0.3) is 0 Å². The number of aryl methyl sites for hydroxylation is 1. The standard InChI is InChI=1S/C11H10NSe/c1-3-8-12-9(2)13-11-7-5-4-6-10(11)12/h1,4-7H,8H2,2H3/q+1. The Morgan fingerprint density at radius 3 is 3.00 bits per heavy atom. The van der Waals surface area contributed by atoms with Gasteiger partial charge in [-0.2, -0.15) is 0 Å². The summed E-state index contributed by atoms with van der Waals surface area (Å²) in [5.74, 6) is 2.70.